The number of nitrogens with zero attached hydrogens (tertiary/aromatic N) is 1. The number of hydrogen-bond acceptors (Lipinski definition) is 2. The number of phenolic OH excluding ortho intramolecular Hbond substituents is 1. The van der Waals surface area contributed by atoms with E-state index in [1.165, 1.54) is 44.1 Å². The van der Waals surface area contributed by atoms with Crippen molar-refractivity contribution in [3.63, 3.8) is 0 Å². The van der Waals surface area contributed by atoms with Gasteiger partial charge in [-0.3, -0.25) is 4.90 Å². The van der Waals surface area contributed by atoms with Crippen LogP contribution < -0.4 is 0 Å². The maximum absolute atomic E-state index is 9.46. The molecule has 0 unspecified atom stereocenters. The minimum Gasteiger partial charge on any atom is -0.508 e. The van der Waals surface area contributed by atoms with Gasteiger partial charge >= 0.3 is 0 Å². The summed E-state index contributed by atoms with van der Waals surface area (Å²) in [6.07, 6.45) is 8.84. The molecule has 0 spiro atoms. The van der Waals surface area contributed by atoms with Crippen LogP contribution in [0.25, 0.3) is 0 Å². The van der Waals surface area contributed by atoms with Crippen LogP contribution in [0, 0.1) is 17.8 Å². The highest BCUT2D eigenvalue weighted by Gasteiger charge is 2.52. The predicted octanol–water partition coefficient (Wildman–Crippen LogP) is 4.18. The Kier molecular flexibility index (Phi) is 3.25. The van der Waals surface area contributed by atoms with Gasteiger partial charge in [-0.05, 0) is 80.5 Å². The van der Waals surface area contributed by atoms with Crippen LogP contribution in [0.4, 0.5) is 0 Å². The monoisotopic (exact) mass is 285 g/mol. The molecule has 1 aromatic carbocycles. The van der Waals surface area contributed by atoms with Gasteiger partial charge in [-0.25, -0.2) is 0 Å². The van der Waals surface area contributed by atoms with Crippen LogP contribution in [0.2, 0.25) is 0 Å². The minimum absolute atomic E-state index is 0.372. The quantitative estimate of drug-likeness (QED) is 0.897. The smallest absolute Gasteiger partial charge is 0.115 e. The maximum Gasteiger partial charge on any atom is 0.115 e. The summed E-state index contributed by atoms with van der Waals surface area (Å²) in [6, 6.07) is 7.81. The molecule has 0 radical (unpaired) electrons. The largest absolute Gasteiger partial charge is 0.508 e. The number of hydrogen-bond donors (Lipinski definition) is 1. The van der Waals surface area contributed by atoms with Crippen molar-refractivity contribution in [2.24, 2.45) is 17.8 Å². The van der Waals surface area contributed by atoms with E-state index >= 15 is 0 Å². The lowest BCUT2D eigenvalue weighted by Crippen LogP contribution is -2.59. The van der Waals surface area contributed by atoms with Gasteiger partial charge in [-0.15, -0.1) is 0 Å². The molecule has 0 aromatic heterocycles. The zero-order valence-electron chi connectivity index (χ0n) is 13.1. The summed E-state index contributed by atoms with van der Waals surface area (Å²) in [7, 11) is 0. The first-order chi connectivity index (χ1) is 10.2. The first-order valence-electron chi connectivity index (χ1n) is 8.70. The third kappa shape index (κ3) is 2.38. The molecule has 4 fully saturated rings. The van der Waals surface area contributed by atoms with Crippen LogP contribution in [0.3, 0.4) is 0 Å². The number of rotatable bonds is 4. The Morgan fingerprint density at radius 1 is 1.00 bits per heavy atom. The van der Waals surface area contributed by atoms with Crippen molar-refractivity contribution in [1.82, 2.24) is 4.90 Å². The third-order valence-corrected chi connectivity index (χ3v) is 6.37. The van der Waals surface area contributed by atoms with E-state index in [0.717, 1.165) is 30.8 Å². The fourth-order valence-electron chi connectivity index (χ4n) is 5.89. The summed E-state index contributed by atoms with van der Waals surface area (Å²) in [5, 5.41) is 9.46. The second kappa shape index (κ2) is 5.01. The Morgan fingerprint density at radius 3 is 2.00 bits per heavy atom. The van der Waals surface area contributed by atoms with Crippen LogP contribution in [0.1, 0.15) is 51.0 Å². The minimum atomic E-state index is 0.372. The highest BCUT2D eigenvalue weighted by atomic mass is 16.3. The molecule has 4 aliphatic rings. The van der Waals surface area contributed by atoms with Crippen LogP contribution in [-0.4, -0.2) is 22.1 Å². The number of aromatic hydroxyl groups is 1. The fraction of sp³-hybridized carbons (Fsp3) is 0.684. The second-order valence-corrected chi connectivity index (χ2v) is 7.82. The van der Waals surface area contributed by atoms with Crippen LogP contribution >= 0.6 is 0 Å². The van der Waals surface area contributed by atoms with Crippen molar-refractivity contribution in [1.29, 1.82) is 0 Å². The zero-order valence-corrected chi connectivity index (χ0v) is 13.1. The summed E-state index contributed by atoms with van der Waals surface area (Å²) in [6.45, 7) is 4.51. The van der Waals surface area contributed by atoms with E-state index in [1.807, 2.05) is 12.1 Å². The van der Waals surface area contributed by atoms with Crippen molar-refractivity contribution in [2.75, 3.05) is 6.54 Å². The second-order valence-electron chi connectivity index (χ2n) is 7.82. The average Bonchev–Trinajstić information content (AvgIpc) is 2.45. The molecule has 4 saturated carbocycles. The fourth-order valence-corrected chi connectivity index (χ4v) is 5.89. The highest BCUT2D eigenvalue weighted by molar-refractivity contribution is 5.26. The molecule has 4 bridgehead atoms. The molecule has 1 N–H and O–H groups in total. The number of benzene rings is 1. The first-order valence-corrected chi connectivity index (χ1v) is 8.70. The van der Waals surface area contributed by atoms with Crippen molar-refractivity contribution < 1.29 is 5.11 Å². The van der Waals surface area contributed by atoms with Gasteiger partial charge in [0, 0.05) is 12.1 Å². The first kappa shape index (κ1) is 13.6. The predicted molar refractivity (Wildman–Crippen MR) is 85.1 cm³/mol. The van der Waals surface area contributed by atoms with Crippen LogP contribution in [0.15, 0.2) is 24.3 Å². The summed E-state index contributed by atoms with van der Waals surface area (Å²) < 4.78 is 0. The lowest BCUT2D eigenvalue weighted by atomic mass is 9.52. The molecule has 2 heteroatoms. The Bertz CT molecular complexity index is 472. The van der Waals surface area contributed by atoms with E-state index in [2.05, 4.69) is 24.0 Å². The number of phenols is 1. The van der Waals surface area contributed by atoms with Crippen LogP contribution in [0.5, 0.6) is 5.75 Å². The lowest BCUT2D eigenvalue weighted by molar-refractivity contribution is -0.0905. The molecule has 4 aliphatic carbocycles. The Morgan fingerprint density at radius 2 is 1.52 bits per heavy atom. The molecule has 2 nitrogen and oxygen atoms in total. The van der Waals surface area contributed by atoms with Gasteiger partial charge in [0.1, 0.15) is 5.75 Å². The molecule has 0 atom stereocenters. The van der Waals surface area contributed by atoms with Crippen molar-refractivity contribution >= 4 is 0 Å². The zero-order chi connectivity index (χ0) is 14.4. The normalized spacial score (nSPS) is 37.3. The highest BCUT2D eigenvalue weighted by Crippen LogP contribution is 2.57. The van der Waals surface area contributed by atoms with Gasteiger partial charge in [-0.1, -0.05) is 19.1 Å². The molecular formula is C19H27NO. The van der Waals surface area contributed by atoms with Gasteiger partial charge in [0.25, 0.3) is 0 Å². The van der Waals surface area contributed by atoms with E-state index in [1.54, 1.807) is 0 Å². The summed E-state index contributed by atoms with van der Waals surface area (Å²) >= 11 is 0. The van der Waals surface area contributed by atoms with E-state index in [0.29, 0.717) is 11.3 Å². The molecule has 0 heterocycles. The van der Waals surface area contributed by atoms with E-state index in [-0.39, 0.29) is 0 Å². The van der Waals surface area contributed by atoms with Gasteiger partial charge in [-0.2, -0.15) is 0 Å². The Labute approximate surface area is 128 Å². The molecule has 0 saturated heterocycles. The Balaban J connectivity index is 1.56. The van der Waals surface area contributed by atoms with E-state index in [9.17, 15) is 5.11 Å². The van der Waals surface area contributed by atoms with Crippen molar-refractivity contribution in [2.45, 2.75) is 57.5 Å². The maximum atomic E-state index is 9.46. The molecule has 114 valence electrons. The van der Waals surface area contributed by atoms with Gasteiger partial charge < -0.3 is 5.11 Å². The van der Waals surface area contributed by atoms with Gasteiger partial charge in [0.15, 0.2) is 0 Å². The standard InChI is InChI=1S/C19H27NO/c1-2-20(13-14-3-5-18(21)6-4-14)19-10-15-7-16(11-19)9-17(8-15)12-19/h3-6,15-17,21H,2,7-13H2,1H3. The lowest BCUT2D eigenvalue weighted by Gasteiger charge is -2.60. The Hall–Kier alpha value is -1.02. The molecule has 21 heavy (non-hydrogen) atoms. The van der Waals surface area contributed by atoms with E-state index < -0.39 is 0 Å². The molecule has 1 aromatic rings. The van der Waals surface area contributed by atoms with Crippen molar-refractivity contribution in [3.8, 4) is 5.75 Å². The van der Waals surface area contributed by atoms with Gasteiger partial charge in [0.2, 0.25) is 0 Å². The van der Waals surface area contributed by atoms with Gasteiger partial charge in [0.05, 0.1) is 0 Å². The third-order valence-electron chi connectivity index (χ3n) is 6.37. The van der Waals surface area contributed by atoms with Crippen LogP contribution in [-0.2, 0) is 6.54 Å². The summed E-state index contributed by atoms with van der Waals surface area (Å²) in [5.74, 6) is 3.39. The average molecular weight is 285 g/mol. The van der Waals surface area contributed by atoms with Crippen molar-refractivity contribution in [3.05, 3.63) is 29.8 Å². The van der Waals surface area contributed by atoms with E-state index in [4.69, 9.17) is 0 Å². The molecule has 0 amide bonds. The molecule has 0 aliphatic heterocycles. The SMILES string of the molecule is CCN(Cc1ccc(O)cc1)C12CC3CC(CC(C3)C1)C2. The molecule has 5 rings (SSSR count). The summed E-state index contributed by atoms with van der Waals surface area (Å²) in [5.41, 5.74) is 1.83. The summed E-state index contributed by atoms with van der Waals surface area (Å²) in [4.78, 5) is 2.75. The molecular weight excluding hydrogens is 258 g/mol. The topological polar surface area (TPSA) is 23.5 Å².